The topological polar surface area (TPSA) is 97.4 Å². The summed E-state index contributed by atoms with van der Waals surface area (Å²) in [6.45, 7) is 9.18. The first-order valence-electron chi connectivity index (χ1n) is 8.08. The highest BCUT2D eigenvalue weighted by Crippen LogP contribution is 2.49. The first-order valence-corrected chi connectivity index (χ1v) is 9.54. The van der Waals surface area contributed by atoms with Crippen LogP contribution in [0.5, 0.6) is 5.75 Å². The summed E-state index contributed by atoms with van der Waals surface area (Å²) >= 11 is 0. The summed E-state index contributed by atoms with van der Waals surface area (Å²) in [6.07, 6.45) is 0.566. The highest BCUT2D eigenvalue weighted by Gasteiger charge is 2.31. The van der Waals surface area contributed by atoms with Gasteiger partial charge in [-0.1, -0.05) is 31.4 Å². The molecular formula is C18H23O8P. The van der Waals surface area contributed by atoms with Gasteiger partial charge in [-0.25, -0.2) is 14.2 Å². The molecule has 0 saturated heterocycles. The van der Waals surface area contributed by atoms with Gasteiger partial charge in [-0.3, -0.25) is 9.05 Å². The summed E-state index contributed by atoms with van der Waals surface area (Å²) in [4.78, 5) is 22.4. The van der Waals surface area contributed by atoms with Gasteiger partial charge in [0.05, 0.1) is 13.2 Å². The molecule has 0 fully saturated rings. The van der Waals surface area contributed by atoms with Crippen LogP contribution < -0.4 is 4.52 Å². The van der Waals surface area contributed by atoms with Crippen molar-refractivity contribution in [2.75, 3.05) is 13.2 Å². The van der Waals surface area contributed by atoms with Crippen LogP contribution in [0.25, 0.3) is 0 Å². The molecule has 2 atom stereocenters. The lowest BCUT2D eigenvalue weighted by molar-refractivity contribution is -0.143. The molecular weight excluding hydrogens is 375 g/mol. The fourth-order valence-electron chi connectivity index (χ4n) is 1.65. The first kappa shape index (κ1) is 22.6. The van der Waals surface area contributed by atoms with Crippen LogP contribution in [0.2, 0.25) is 0 Å². The standard InChI is InChI=1S/C18H23O8P/c1-5-17(19)24-14(3)12-22-27(21,26-16-10-8-7-9-11-16)23-13-15(4)25-18(20)6-2/h5-11,14-15H,1-2,12-13H2,3-4H3. The molecule has 0 aliphatic heterocycles. The zero-order valence-electron chi connectivity index (χ0n) is 15.2. The SMILES string of the molecule is C=CC(=O)OC(C)COP(=O)(OCC(C)OC(=O)C=C)Oc1ccccc1. The molecule has 0 aliphatic carbocycles. The molecule has 0 radical (unpaired) electrons. The Morgan fingerprint density at radius 2 is 1.41 bits per heavy atom. The lowest BCUT2D eigenvalue weighted by atomic mass is 10.3. The minimum absolute atomic E-state index is 0.246. The smallest absolute Gasteiger partial charge is 0.457 e. The van der Waals surface area contributed by atoms with Crippen LogP contribution in [0.15, 0.2) is 55.6 Å². The fourth-order valence-corrected chi connectivity index (χ4v) is 3.00. The molecule has 0 bridgehead atoms. The van der Waals surface area contributed by atoms with Gasteiger partial charge in [0, 0.05) is 12.2 Å². The first-order chi connectivity index (χ1) is 12.8. The second-order valence-electron chi connectivity index (χ2n) is 5.35. The molecule has 27 heavy (non-hydrogen) atoms. The van der Waals surface area contributed by atoms with Crippen LogP contribution in [-0.2, 0) is 32.7 Å². The Kier molecular flexibility index (Phi) is 9.50. The van der Waals surface area contributed by atoms with Crippen molar-refractivity contribution >= 4 is 19.8 Å². The zero-order valence-corrected chi connectivity index (χ0v) is 16.1. The molecule has 0 heterocycles. The van der Waals surface area contributed by atoms with Crippen molar-refractivity contribution < 1.29 is 37.2 Å². The monoisotopic (exact) mass is 398 g/mol. The summed E-state index contributed by atoms with van der Waals surface area (Å²) in [6, 6.07) is 8.27. The van der Waals surface area contributed by atoms with Crippen LogP contribution in [0.3, 0.4) is 0 Å². The van der Waals surface area contributed by atoms with E-state index in [0.29, 0.717) is 0 Å². The summed E-state index contributed by atoms with van der Waals surface area (Å²) < 4.78 is 38.7. The van der Waals surface area contributed by atoms with Crippen molar-refractivity contribution in [3.8, 4) is 5.75 Å². The number of phosphoric ester groups is 1. The second-order valence-corrected chi connectivity index (χ2v) is 6.94. The number of phosphoric acid groups is 1. The van der Waals surface area contributed by atoms with Crippen LogP contribution in [0.1, 0.15) is 13.8 Å². The Morgan fingerprint density at radius 3 is 1.81 bits per heavy atom. The van der Waals surface area contributed by atoms with E-state index in [2.05, 4.69) is 13.2 Å². The number of rotatable bonds is 12. The largest absolute Gasteiger partial charge is 0.530 e. The third-order valence-corrected chi connectivity index (χ3v) is 4.23. The molecule has 9 heteroatoms. The van der Waals surface area contributed by atoms with E-state index >= 15 is 0 Å². The Hall–Kier alpha value is -2.41. The fraction of sp³-hybridized carbons (Fsp3) is 0.333. The number of para-hydroxylation sites is 1. The third-order valence-electron chi connectivity index (χ3n) is 2.86. The Labute approximate surface area is 158 Å². The van der Waals surface area contributed by atoms with Gasteiger partial charge in [-0.05, 0) is 26.0 Å². The molecule has 0 aromatic heterocycles. The molecule has 0 spiro atoms. The van der Waals surface area contributed by atoms with Gasteiger partial charge < -0.3 is 14.0 Å². The molecule has 0 N–H and O–H groups in total. The maximum atomic E-state index is 12.9. The average Bonchev–Trinajstić information content (AvgIpc) is 2.65. The van der Waals surface area contributed by atoms with E-state index in [4.69, 9.17) is 23.0 Å². The molecule has 148 valence electrons. The van der Waals surface area contributed by atoms with Crippen molar-refractivity contribution in [2.45, 2.75) is 26.1 Å². The third kappa shape index (κ3) is 9.19. The molecule has 1 rings (SSSR count). The minimum atomic E-state index is -4.09. The summed E-state index contributed by atoms with van der Waals surface area (Å²) in [5.41, 5.74) is 0. The number of hydrogen-bond donors (Lipinski definition) is 0. The lowest BCUT2D eigenvalue weighted by Gasteiger charge is -2.22. The summed E-state index contributed by atoms with van der Waals surface area (Å²) in [7, 11) is -4.09. The number of carbonyl (C=O) groups excluding carboxylic acids is 2. The van der Waals surface area contributed by atoms with Crippen molar-refractivity contribution in [3.63, 3.8) is 0 Å². The van der Waals surface area contributed by atoms with E-state index in [9.17, 15) is 14.2 Å². The quantitative estimate of drug-likeness (QED) is 0.300. The molecule has 0 saturated carbocycles. The van der Waals surface area contributed by atoms with E-state index in [1.807, 2.05) is 0 Å². The van der Waals surface area contributed by atoms with Crippen molar-refractivity contribution in [3.05, 3.63) is 55.6 Å². The van der Waals surface area contributed by atoms with E-state index in [1.54, 1.807) is 44.2 Å². The molecule has 8 nitrogen and oxygen atoms in total. The maximum Gasteiger partial charge on any atom is 0.530 e. The average molecular weight is 398 g/mol. The van der Waals surface area contributed by atoms with Crippen LogP contribution in [0, 0.1) is 0 Å². The molecule has 1 aromatic rings. The molecule has 2 unspecified atom stereocenters. The van der Waals surface area contributed by atoms with E-state index in [-0.39, 0.29) is 19.0 Å². The predicted molar refractivity (Wildman–Crippen MR) is 98.1 cm³/mol. The van der Waals surface area contributed by atoms with Gasteiger partial charge in [0.1, 0.15) is 18.0 Å². The van der Waals surface area contributed by atoms with Crippen molar-refractivity contribution in [2.24, 2.45) is 0 Å². The van der Waals surface area contributed by atoms with E-state index in [0.717, 1.165) is 12.2 Å². The number of hydrogen-bond acceptors (Lipinski definition) is 8. The van der Waals surface area contributed by atoms with Gasteiger partial charge in [-0.2, -0.15) is 0 Å². The Bertz CT molecular complexity index is 652. The minimum Gasteiger partial charge on any atom is -0.457 e. The number of ether oxygens (including phenoxy) is 2. The maximum absolute atomic E-state index is 12.9. The van der Waals surface area contributed by atoms with Gasteiger partial charge in [-0.15, -0.1) is 0 Å². The normalized spacial score (nSPS) is 14.9. The Morgan fingerprint density at radius 1 is 0.963 bits per heavy atom. The van der Waals surface area contributed by atoms with Crippen LogP contribution >= 0.6 is 7.82 Å². The van der Waals surface area contributed by atoms with Crippen molar-refractivity contribution in [1.29, 1.82) is 0 Å². The van der Waals surface area contributed by atoms with Crippen LogP contribution in [-0.4, -0.2) is 37.4 Å². The second kappa shape index (κ2) is 11.3. The zero-order chi connectivity index (χ0) is 20.3. The van der Waals surface area contributed by atoms with Gasteiger partial charge in [0.25, 0.3) is 0 Å². The van der Waals surface area contributed by atoms with E-state index < -0.39 is 32.0 Å². The van der Waals surface area contributed by atoms with Crippen LogP contribution in [0.4, 0.5) is 0 Å². The summed E-state index contributed by atoms with van der Waals surface area (Å²) in [5, 5.41) is 0. The summed E-state index contributed by atoms with van der Waals surface area (Å²) in [5.74, 6) is -1.03. The number of carbonyl (C=O) groups is 2. The number of esters is 2. The molecule has 0 aliphatic rings. The van der Waals surface area contributed by atoms with Crippen molar-refractivity contribution in [1.82, 2.24) is 0 Å². The molecule has 1 aromatic carbocycles. The van der Waals surface area contributed by atoms with Gasteiger partial charge >= 0.3 is 19.8 Å². The molecule has 0 amide bonds. The van der Waals surface area contributed by atoms with E-state index in [1.165, 1.54) is 0 Å². The highest BCUT2D eigenvalue weighted by atomic mass is 31.2. The Balaban J connectivity index is 2.74. The lowest BCUT2D eigenvalue weighted by Crippen LogP contribution is -2.22. The highest BCUT2D eigenvalue weighted by molar-refractivity contribution is 7.48. The van der Waals surface area contributed by atoms with Gasteiger partial charge in [0.15, 0.2) is 0 Å². The predicted octanol–water partition coefficient (Wildman–Crippen LogP) is 3.44. The van der Waals surface area contributed by atoms with Gasteiger partial charge in [0.2, 0.25) is 0 Å². The number of benzene rings is 1.